The molecule has 84 valence electrons. The average Bonchev–Trinajstić information content (AvgIpc) is 2.79. The Morgan fingerprint density at radius 2 is 2.40 bits per heavy atom. The summed E-state index contributed by atoms with van der Waals surface area (Å²) in [5.74, 6) is 0.507. The van der Waals surface area contributed by atoms with E-state index >= 15 is 0 Å². The Kier molecular flexibility index (Phi) is 3.01. The Bertz CT molecular complexity index is 348. The minimum atomic E-state index is -0.0195. The first kappa shape index (κ1) is 10.2. The number of aromatic nitrogens is 1. The number of aryl methyl sites for hydroxylation is 1. The molecule has 5 nitrogen and oxygen atoms in total. The number of nitrogens with one attached hydrogen (secondary N) is 1. The molecule has 0 aliphatic carbocycles. The van der Waals surface area contributed by atoms with Gasteiger partial charge in [-0.1, -0.05) is 5.16 Å². The molecule has 2 heterocycles. The highest BCUT2D eigenvalue weighted by Gasteiger charge is 2.16. The highest BCUT2D eigenvalue weighted by molar-refractivity contribution is 5.91. The van der Waals surface area contributed by atoms with Crippen LogP contribution >= 0.6 is 0 Å². The smallest absolute Gasteiger partial charge is 0.239 e. The molecule has 1 aromatic heterocycles. The Hall–Kier alpha value is -1.36. The van der Waals surface area contributed by atoms with Crippen LogP contribution in [0.5, 0.6) is 0 Å². The van der Waals surface area contributed by atoms with Crippen LogP contribution in [0.15, 0.2) is 10.8 Å². The second-order valence-electron chi connectivity index (χ2n) is 3.88. The fourth-order valence-electron chi connectivity index (χ4n) is 1.72. The van der Waals surface area contributed by atoms with Gasteiger partial charge >= 0.3 is 0 Å². The van der Waals surface area contributed by atoms with Crippen molar-refractivity contribution in [2.75, 3.05) is 25.0 Å². The summed E-state index contributed by atoms with van der Waals surface area (Å²) in [6, 6.07) is 0. The number of rotatable bonds is 3. The maximum Gasteiger partial charge on any atom is 0.239 e. The second-order valence-corrected chi connectivity index (χ2v) is 3.88. The topological polar surface area (TPSA) is 58.4 Å². The van der Waals surface area contributed by atoms with Crippen LogP contribution in [0.3, 0.4) is 0 Å². The molecule has 15 heavy (non-hydrogen) atoms. The molecule has 1 aliphatic heterocycles. The van der Waals surface area contributed by atoms with E-state index in [-0.39, 0.29) is 7.33 Å². The number of likely N-dealkylation sites (tertiary alicyclic amines) is 1. The van der Waals surface area contributed by atoms with E-state index < -0.39 is 0 Å². The lowest BCUT2D eigenvalue weighted by molar-refractivity contribution is -0.117. The van der Waals surface area contributed by atoms with E-state index in [1.165, 1.54) is 19.1 Å². The molecule has 1 aliphatic rings. The van der Waals surface area contributed by atoms with Crippen LogP contribution in [0.1, 0.15) is 19.8 Å². The third-order valence-electron chi connectivity index (χ3n) is 2.57. The number of hydrogen-bond acceptors (Lipinski definition) is 4. The molecule has 1 amide bonds. The van der Waals surface area contributed by atoms with Gasteiger partial charge in [-0.05, 0) is 32.9 Å². The zero-order valence-corrected chi connectivity index (χ0v) is 8.82. The summed E-state index contributed by atoms with van der Waals surface area (Å²) in [5.41, 5.74) is 0.852. The summed E-state index contributed by atoms with van der Waals surface area (Å²) in [5, 5.41) is 6.44. The molecule has 0 radical (unpaired) electrons. The molecule has 5 heteroatoms. The van der Waals surface area contributed by atoms with E-state index in [1.807, 2.05) is 6.92 Å². The van der Waals surface area contributed by atoms with Crippen molar-refractivity contribution < 1.29 is 10.7 Å². The molecule has 1 saturated heterocycles. The van der Waals surface area contributed by atoms with Crippen molar-refractivity contribution in [3.63, 3.8) is 0 Å². The van der Waals surface area contributed by atoms with Crippen LogP contribution < -0.4 is 5.32 Å². The summed E-state index contributed by atoms with van der Waals surface area (Å²) >= 11 is 0. The summed E-state index contributed by atoms with van der Waals surface area (Å²) in [7, 11) is 0. The lowest BCUT2D eigenvalue weighted by Gasteiger charge is -2.13. The Balaban J connectivity index is 0.00000128. The van der Waals surface area contributed by atoms with E-state index in [2.05, 4.69) is 15.4 Å². The first-order valence-electron chi connectivity index (χ1n) is 5.19. The van der Waals surface area contributed by atoms with Crippen molar-refractivity contribution >= 4 is 11.7 Å². The Morgan fingerprint density at radius 1 is 1.67 bits per heavy atom. The number of nitrogens with zero attached hydrogens (tertiary/aromatic N) is 2. The van der Waals surface area contributed by atoms with Crippen molar-refractivity contribution in [3.05, 3.63) is 11.8 Å². The molecule has 0 saturated carbocycles. The van der Waals surface area contributed by atoms with Crippen molar-refractivity contribution in [3.8, 4) is 0 Å². The van der Waals surface area contributed by atoms with Crippen molar-refractivity contribution in [1.82, 2.24) is 10.1 Å². The van der Waals surface area contributed by atoms with Crippen molar-refractivity contribution in [1.29, 1.82) is 0 Å². The van der Waals surface area contributed by atoms with E-state index in [4.69, 9.17) is 4.52 Å². The predicted octanol–water partition coefficient (Wildman–Crippen LogP) is 1.26. The monoisotopic (exact) mass is 211 g/mol. The zero-order chi connectivity index (χ0) is 10.7. The Labute approximate surface area is 89.9 Å². The van der Waals surface area contributed by atoms with Gasteiger partial charge in [0.15, 0.2) is 5.82 Å². The molecule has 0 aromatic carbocycles. The lowest BCUT2D eigenvalue weighted by Crippen LogP contribution is -2.31. The van der Waals surface area contributed by atoms with Gasteiger partial charge in [-0.15, -0.1) is 0 Å². The van der Waals surface area contributed by atoms with Gasteiger partial charge < -0.3 is 9.84 Å². The Morgan fingerprint density at radius 3 is 3.00 bits per heavy atom. The van der Waals surface area contributed by atoms with E-state index in [0.29, 0.717) is 12.4 Å². The van der Waals surface area contributed by atoms with Gasteiger partial charge in [0, 0.05) is 6.99 Å². The van der Waals surface area contributed by atoms with Crippen LogP contribution in [0, 0.1) is 6.92 Å². The summed E-state index contributed by atoms with van der Waals surface area (Å²) in [6.07, 6.45) is 3.90. The van der Waals surface area contributed by atoms with Crippen LogP contribution in [0.25, 0.3) is 0 Å². The van der Waals surface area contributed by atoms with Gasteiger partial charge in [-0.2, -0.15) is 0 Å². The van der Waals surface area contributed by atoms with Gasteiger partial charge in [0.1, 0.15) is 6.26 Å². The first-order chi connectivity index (χ1) is 7.25. The van der Waals surface area contributed by atoms with Crippen LogP contribution in [-0.4, -0.2) is 35.6 Å². The average molecular weight is 211 g/mol. The fourth-order valence-corrected chi connectivity index (χ4v) is 1.72. The highest BCUT2D eigenvalue weighted by atomic mass is 16.5. The number of carbonyl (C=O) groups is 1. The largest absolute Gasteiger partial charge is 0.362 e. The van der Waals surface area contributed by atoms with Crippen LogP contribution in [-0.2, 0) is 4.79 Å². The SMILES string of the molecule is Cc1conc1NC(=O)CN1CCCC1.[HH]. The molecular weight excluding hydrogens is 194 g/mol. The number of hydrogen-bond donors (Lipinski definition) is 1. The molecule has 1 fully saturated rings. The lowest BCUT2D eigenvalue weighted by atomic mass is 10.4. The van der Waals surface area contributed by atoms with E-state index in [1.54, 1.807) is 0 Å². The van der Waals surface area contributed by atoms with Crippen LogP contribution in [0.4, 0.5) is 5.82 Å². The second kappa shape index (κ2) is 4.44. The molecule has 0 spiro atoms. The molecule has 0 bridgehead atoms. The third-order valence-corrected chi connectivity index (χ3v) is 2.57. The quantitative estimate of drug-likeness (QED) is 0.817. The minimum Gasteiger partial charge on any atom is -0.362 e. The predicted molar refractivity (Wildman–Crippen MR) is 57.7 cm³/mol. The fraction of sp³-hybridized carbons (Fsp3) is 0.600. The van der Waals surface area contributed by atoms with Crippen molar-refractivity contribution in [2.45, 2.75) is 19.8 Å². The molecule has 1 aromatic rings. The standard InChI is InChI=1S/C10H15N3O2.H2/c1-8-7-15-12-10(8)11-9(14)6-13-4-2-3-5-13;/h7H,2-6H2,1H3,(H,11,12,14);1H. The molecule has 0 atom stereocenters. The van der Waals surface area contributed by atoms with E-state index in [9.17, 15) is 4.79 Å². The third kappa shape index (κ3) is 2.56. The summed E-state index contributed by atoms with van der Waals surface area (Å²) < 4.78 is 4.74. The molecule has 1 N–H and O–H groups in total. The van der Waals surface area contributed by atoms with E-state index in [0.717, 1.165) is 18.7 Å². The zero-order valence-electron chi connectivity index (χ0n) is 8.82. The highest BCUT2D eigenvalue weighted by Crippen LogP contribution is 2.11. The normalized spacial score (nSPS) is 16.9. The van der Waals surface area contributed by atoms with Crippen molar-refractivity contribution in [2.24, 2.45) is 0 Å². The van der Waals surface area contributed by atoms with Gasteiger partial charge in [-0.3, -0.25) is 9.69 Å². The number of amides is 1. The molecular formula is C10H17N3O2. The van der Waals surface area contributed by atoms with Gasteiger partial charge in [-0.25, -0.2) is 0 Å². The number of anilines is 1. The van der Waals surface area contributed by atoms with Gasteiger partial charge in [0.05, 0.1) is 6.54 Å². The minimum absolute atomic E-state index is 0. The van der Waals surface area contributed by atoms with Gasteiger partial charge in [0.2, 0.25) is 5.91 Å². The molecule has 0 unspecified atom stereocenters. The number of carbonyl (C=O) groups excluding carboxylic acids is 1. The summed E-state index contributed by atoms with van der Waals surface area (Å²) in [6.45, 7) is 4.34. The summed E-state index contributed by atoms with van der Waals surface area (Å²) in [4.78, 5) is 13.7. The maximum atomic E-state index is 11.6. The maximum absolute atomic E-state index is 11.6. The van der Waals surface area contributed by atoms with Crippen LogP contribution in [0.2, 0.25) is 0 Å². The first-order valence-corrected chi connectivity index (χ1v) is 5.19. The molecule has 2 rings (SSSR count). The van der Waals surface area contributed by atoms with Gasteiger partial charge in [0.25, 0.3) is 0 Å².